The quantitative estimate of drug-likeness (QED) is 0.681. The van der Waals surface area contributed by atoms with E-state index in [1.165, 1.54) is 32.1 Å². The summed E-state index contributed by atoms with van der Waals surface area (Å²) in [6.45, 7) is 2.25. The number of benzene rings is 1. The summed E-state index contributed by atoms with van der Waals surface area (Å²) in [6, 6.07) is 7.70. The minimum atomic E-state index is 0.268. The van der Waals surface area contributed by atoms with Crippen LogP contribution in [0.15, 0.2) is 24.3 Å². The maximum atomic E-state index is 12.4. The molecule has 0 spiro atoms. The van der Waals surface area contributed by atoms with Gasteiger partial charge in [0.25, 0.3) is 0 Å². The summed E-state index contributed by atoms with van der Waals surface area (Å²) in [5.41, 5.74) is 0.979. The van der Waals surface area contributed by atoms with Crippen LogP contribution < -0.4 is 0 Å². The Hall–Kier alpha value is -0.820. The number of halogens is 1. The lowest BCUT2D eigenvalue weighted by Gasteiger charge is -2.27. The monoisotopic (exact) mass is 292 g/mol. The first-order valence-electron chi connectivity index (χ1n) is 7.96. The van der Waals surface area contributed by atoms with Crippen LogP contribution in [0.2, 0.25) is 5.02 Å². The van der Waals surface area contributed by atoms with Gasteiger partial charge >= 0.3 is 0 Å². The van der Waals surface area contributed by atoms with E-state index in [0.29, 0.717) is 12.2 Å². The van der Waals surface area contributed by atoms with E-state index in [9.17, 15) is 4.79 Å². The summed E-state index contributed by atoms with van der Waals surface area (Å²) < 4.78 is 0. The molecule has 0 aromatic heterocycles. The van der Waals surface area contributed by atoms with Gasteiger partial charge in [0, 0.05) is 17.4 Å². The van der Waals surface area contributed by atoms with Crippen molar-refractivity contribution < 1.29 is 4.79 Å². The standard InChI is InChI=1S/C18H25ClO/c1-2-3-6-14-9-11-15(12-10-14)18(20)13-16-7-4-5-8-17(16)19/h4-5,7-8,14-15H,2-3,6,9-13H2,1H3. The van der Waals surface area contributed by atoms with Gasteiger partial charge in [0.15, 0.2) is 0 Å². The Kier molecular flexibility index (Phi) is 6.09. The summed E-state index contributed by atoms with van der Waals surface area (Å²) in [4.78, 5) is 12.4. The lowest BCUT2D eigenvalue weighted by atomic mass is 9.77. The van der Waals surface area contributed by atoms with Gasteiger partial charge in [-0.3, -0.25) is 4.79 Å². The van der Waals surface area contributed by atoms with E-state index in [0.717, 1.165) is 29.3 Å². The van der Waals surface area contributed by atoms with Gasteiger partial charge in [0.1, 0.15) is 5.78 Å². The summed E-state index contributed by atoms with van der Waals surface area (Å²) in [5, 5.41) is 0.720. The van der Waals surface area contributed by atoms with Crippen molar-refractivity contribution in [3.63, 3.8) is 0 Å². The van der Waals surface area contributed by atoms with Crippen molar-refractivity contribution in [2.24, 2.45) is 11.8 Å². The largest absolute Gasteiger partial charge is 0.299 e. The third-order valence-electron chi connectivity index (χ3n) is 4.59. The molecular weight excluding hydrogens is 268 g/mol. The Morgan fingerprint density at radius 2 is 1.90 bits per heavy atom. The van der Waals surface area contributed by atoms with Crippen LogP contribution in [0, 0.1) is 11.8 Å². The minimum absolute atomic E-state index is 0.268. The van der Waals surface area contributed by atoms with Crippen molar-refractivity contribution in [3.8, 4) is 0 Å². The summed E-state index contributed by atoms with van der Waals surface area (Å²) in [5.74, 6) is 1.51. The van der Waals surface area contributed by atoms with Gasteiger partial charge < -0.3 is 0 Å². The van der Waals surface area contributed by atoms with Gasteiger partial charge in [-0.25, -0.2) is 0 Å². The molecule has 1 aromatic rings. The van der Waals surface area contributed by atoms with Crippen LogP contribution in [0.5, 0.6) is 0 Å². The molecule has 20 heavy (non-hydrogen) atoms. The second-order valence-electron chi connectivity index (χ2n) is 6.09. The molecular formula is C18H25ClO. The molecule has 110 valence electrons. The van der Waals surface area contributed by atoms with Crippen LogP contribution in [-0.4, -0.2) is 5.78 Å². The first-order valence-corrected chi connectivity index (χ1v) is 8.34. The van der Waals surface area contributed by atoms with Crippen molar-refractivity contribution in [2.75, 3.05) is 0 Å². The van der Waals surface area contributed by atoms with Crippen molar-refractivity contribution in [3.05, 3.63) is 34.9 Å². The molecule has 0 amide bonds. The Morgan fingerprint density at radius 3 is 2.55 bits per heavy atom. The second kappa shape index (κ2) is 7.83. The van der Waals surface area contributed by atoms with E-state index in [1.54, 1.807) is 0 Å². The fourth-order valence-corrected chi connectivity index (χ4v) is 3.44. The molecule has 0 saturated heterocycles. The molecule has 0 N–H and O–H groups in total. The number of carbonyl (C=O) groups excluding carboxylic acids is 1. The maximum Gasteiger partial charge on any atom is 0.140 e. The van der Waals surface area contributed by atoms with Crippen LogP contribution >= 0.6 is 11.6 Å². The first-order chi connectivity index (χ1) is 9.70. The van der Waals surface area contributed by atoms with Gasteiger partial charge in [0.05, 0.1) is 0 Å². The molecule has 2 heteroatoms. The predicted octanol–water partition coefficient (Wildman–Crippen LogP) is 5.45. The van der Waals surface area contributed by atoms with Gasteiger partial charge in [0.2, 0.25) is 0 Å². The molecule has 0 aliphatic heterocycles. The first kappa shape index (κ1) is 15.6. The minimum Gasteiger partial charge on any atom is -0.299 e. The Morgan fingerprint density at radius 1 is 1.20 bits per heavy atom. The Labute approximate surface area is 127 Å². The zero-order chi connectivity index (χ0) is 14.4. The summed E-state index contributed by atoms with van der Waals surface area (Å²) >= 11 is 6.14. The lowest BCUT2D eigenvalue weighted by Crippen LogP contribution is -2.23. The van der Waals surface area contributed by atoms with Crippen molar-refractivity contribution in [1.82, 2.24) is 0 Å². The fourth-order valence-electron chi connectivity index (χ4n) is 3.24. The average molecular weight is 293 g/mol. The highest BCUT2D eigenvalue weighted by Crippen LogP contribution is 2.33. The smallest absolute Gasteiger partial charge is 0.140 e. The second-order valence-corrected chi connectivity index (χ2v) is 6.50. The molecule has 1 nitrogen and oxygen atoms in total. The SMILES string of the molecule is CCCCC1CCC(C(=O)Cc2ccccc2Cl)CC1. The Bertz CT molecular complexity index is 433. The lowest BCUT2D eigenvalue weighted by molar-refractivity contribution is -0.123. The predicted molar refractivity (Wildman–Crippen MR) is 85.1 cm³/mol. The molecule has 1 fully saturated rings. The van der Waals surface area contributed by atoms with E-state index >= 15 is 0 Å². The number of carbonyl (C=O) groups is 1. The number of Topliss-reactive ketones (excluding diaryl/α,β-unsaturated/α-hetero) is 1. The number of hydrogen-bond acceptors (Lipinski definition) is 1. The molecule has 0 unspecified atom stereocenters. The summed E-state index contributed by atoms with van der Waals surface area (Å²) in [7, 11) is 0. The molecule has 1 aromatic carbocycles. The Balaban J connectivity index is 1.82. The van der Waals surface area contributed by atoms with Crippen LogP contribution in [-0.2, 0) is 11.2 Å². The van der Waals surface area contributed by atoms with Gasteiger partial charge in [-0.1, -0.05) is 56.0 Å². The molecule has 1 aliphatic carbocycles. The fraction of sp³-hybridized carbons (Fsp3) is 0.611. The van der Waals surface area contributed by atoms with E-state index in [-0.39, 0.29) is 5.92 Å². The number of unbranched alkanes of at least 4 members (excludes halogenated alkanes) is 1. The van der Waals surface area contributed by atoms with Gasteiger partial charge in [-0.15, -0.1) is 0 Å². The van der Waals surface area contributed by atoms with Gasteiger partial charge in [-0.05, 0) is 43.2 Å². The molecule has 0 radical (unpaired) electrons. The topological polar surface area (TPSA) is 17.1 Å². The van der Waals surface area contributed by atoms with Crippen LogP contribution in [0.1, 0.15) is 57.4 Å². The van der Waals surface area contributed by atoms with Gasteiger partial charge in [-0.2, -0.15) is 0 Å². The van der Waals surface area contributed by atoms with Crippen molar-refractivity contribution in [2.45, 2.75) is 58.3 Å². The summed E-state index contributed by atoms with van der Waals surface area (Å²) in [6.07, 6.45) is 9.10. The van der Waals surface area contributed by atoms with E-state index < -0.39 is 0 Å². The number of hydrogen-bond donors (Lipinski definition) is 0. The van der Waals surface area contributed by atoms with Crippen molar-refractivity contribution >= 4 is 17.4 Å². The maximum absolute atomic E-state index is 12.4. The van der Waals surface area contributed by atoms with E-state index in [2.05, 4.69) is 6.92 Å². The molecule has 1 aliphatic rings. The molecule has 0 heterocycles. The normalized spacial score (nSPS) is 22.7. The number of rotatable bonds is 6. The van der Waals surface area contributed by atoms with Crippen molar-refractivity contribution in [1.29, 1.82) is 0 Å². The zero-order valence-electron chi connectivity index (χ0n) is 12.4. The average Bonchev–Trinajstić information content (AvgIpc) is 2.48. The van der Waals surface area contributed by atoms with Crippen LogP contribution in [0.25, 0.3) is 0 Å². The molecule has 0 bridgehead atoms. The molecule has 1 saturated carbocycles. The highest BCUT2D eigenvalue weighted by molar-refractivity contribution is 6.31. The number of ketones is 1. The van der Waals surface area contributed by atoms with Crippen LogP contribution in [0.4, 0.5) is 0 Å². The van der Waals surface area contributed by atoms with Crippen LogP contribution in [0.3, 0.4) is 0 Å². The highest BCUT2D eigenvalue weighted by atomic mass is 35.5. The third kappa shape index (κ3) is 4.34. The molecule has 0 atom stereocenters. The molecule has 2 rings (SSSR count). The van der Waals surface area contributed by atoms with E-state index in [4.69, 9.17) is 11.6 Å². The highest BCUT2D eigenvalue weighted by Gasteiger charge is 2.26. The third-order valence-corrected chi connectivity index (χ3v) is 4.96. The zero-order valence-corrected chi connectivity index (χ0v) is 13.2. The van der Waals surface area contributed by atoms with E-state index in [1.807, 2.05) is 24.3 Å².